The van der Waals surface area contributed by atoms with Crippen LogP contribution in [-0.4, -0.2) is 41.1 Å². The van der Waals surface area contributed by atoms with Gasteiger partial charge in [0.25, 0.3) is 0 Å². The van der Waals surface area contributed by atoms with Gasteiger partial charge in [-0.3, -0.25) is 9.59 Å². The summed E-state index contributed by atoms with van der Waals surface area (Å²) >= 11 is 7.41. The quantitative estimate of drug-likeness (QED) is 0.483. The van der Waals surface area contributed by atoms with Gasteiger partial charge in [0.05, 0.1) is 5.75 Å². The Hall–Kier alpha value is -1.98. The van der Waals surface area contributed by atoms with Crippen molar-refractivity contribution in [2.75, 3.05) is 12.3 Å². The van der Waals surface area contributed by atoms with E-state index in [0.29, 0.717) is 24.4 Å². The summed E-state index contributed by atoms with van der Waals surface area (Å²) in [5.41, 5.74) is 1.15. The van der Waals surface area contributed by atoms with Gasteiger partial charge < -0.3 is 10.2 Å². The number of carbonyl (C=O) groups is 2. The van der Waals surface area contributed by atoms with Crippen molar-refractivity contribution < 1.29 is 9.59 Å². The van der Waals surface area contributed by atoms with E-state index in [9.17, 15) is 9.59 Å². The zero-order valence-corrected chi connectivity index (χ0v) is 19.5. The molecule has 0 saturated carbocycles. The summed E-state index contributed by atoms with van der Waals surface area (Å²) in [4.78, 5) is 28.8. The second-order valence-electron chi connectivity index (χ2n) is 7.31. The lowest BCUT2D eigenvalue weighted by Gasteiger charge is -2.31. The van der Waals surface area contributed by atoms with Crippen LogP contribution in [0.2, 0.25) is 5.02 Å². The topological polar surface area (TPSA) is 49.4 Å². The molecule has 0 saturated heterocycles. The lowest BCUT2D eigenvalue weighted by atomic mass is 10.1. The van der Waals surface area contributed by atoms with E-state index in [0.717, 1.165) is 16.9 Å². The summed E-state index contributed by atoms with van der Waals surface area (Å²) in [6.45, 7) is 6.48. The van der Waals surface area contributed by atoms with Crippen LogP contribution >= 0.6 is 23.4 Å². The van der Waals surface area contributed by atoms with Crippen molar-refractivity contribution in [2.45, 2.75) is 57.0 Å². The number of rotatable bonds is 11. The number of amides is 2. The maximum Gasteiger partial charge on any atom is 0.243 e. The monoisotopic (exact) mass is 446 g/mol. The standard InChI is InChI=1S/C24H31ClN2O2S/c1-4-18(3)26-24(29)22(5-2)27(16-15-19-9-7-6-8-10-19)23(28)17-30-21-13-11-20(25)12-14-21/h6-14,18,22H,4-5,15-17H2,1-3H3,(H,26,29)/t18-,22+/m0/s1. The number of carbonyl (C=O) groups excluding carboxylic acids is 2. The van der Waals surface area contributed by atoms with Gasteiger partial charge >= 0.3 is 0 Å². The normalized spacial score (nSPS) is 12.8. The first kappa shape index (κ1) is 24.3. The molecule has 30 heavy (non-hydrogen) atoms. The minimum Gasteiger partial charge on any atom is -0.352 e. The van der Waals surface area contributed by atoms with Crippen molar-refractivity contribution in [1.82, 2.24) is 10.2 Å². The Balaban J connectivity index is 2.11. The molecule has 0 spiro atoms. The van der Waals surface area contributed by atoms with Gasteiger partial charge in [-0.25, -0.2) is 0 Å². The van der Waals surface area contributed by atoms with Crippen molar-refractivity contribution in [3.8, 4) is 0 Å². The third kappa shape index (κ3) is 7.69. The summed E-state index contributed by atoms with van der Waals surface area (Å²) in [5, 5.41) is 3.71. The third-order valence-electron chi connectivity index (χ3n) is 5.05. The van der Waals surface area contributed by atoms with Crippen molar-refractivity contribution in [1.29, 1.82) is 0 Å². The highest BCUT2D eigenvalue weighted by atomic mass is 35.5. The van der Waals surface area contributed by atoms with E-state index in [4.69, 9.17) is 11.6 Å². The zero-order valence-electron chi connectivity index (χ0n) is 17.9. The molecule has 1 N–H and O–H groups in total. The van der Waals surface area contributed by atoms with E-state index in [1.807, 2.05) is 75.4 Å². The highest BCUT2D eigenvalue weighted by Gasteiger charge is 2.28. The van der Waals surface area contributed by atoms with Crippen LogP contribution in [0.4, 0.5) is 0 Å². The highest BCUT2D eigenvalue weighted by Crippen LogP contribution is 2.21. The van der Waals surface area contributed by atoms with Gasteiger partial charge in [-0.1, -0.05) is 55.8 Å². The molecular formula is C24H31ClN2O2S. The van der Waals surface area contributed by atoms with Gasteiger partial charge in [0.2, 0.25) is 11.8 Å². The summed E-state index contributed by atoms with van der Waals surface area (Å²) in [5.74, 6) is 0.172. The Labute approximate surface area is 189 Å². The first-order valence-electron chi connectivity index (χ1n) is 10.5. The number of hydrogen-bond acceptors (Lipinski definition) is 3. The number of hydrogen-bond donors (Lipinski definition) is 1. The molecule has 2 aromatic rings. The molecule has 0 aliphatic heterocycles. The van der Waals surface area contributed by atoms with Crippen LogP contribution in [0.15, 0.2) is 59.5 Å². The third-order valence-corrected chi connectivity index (χ3v) is 6.30. The van der Waals surface area contributed by atoms with E-state index >= 15 is 0 Å². The second kappa shape index (κ2) is 12.7. The van der Waals surface area contributed by atoms with Gasteiger partial charge in [0.15, 0.2) is 0 Å². The molecule has 162 valence electrons. The van der Waals surface area contributed by atoms with Crippen molar-refractivity contribution in [2.24, 2.45) is 0 Å². The van der Waals surface area contributed by atoms with E-state index < -0.39 is 6.04 Å². The molecule has 2 aromatic carbocycles. The first-order valence-corrected chi connectivity index (χ1v) is 11.8. The lowest BCUT2D eigenvalue weighted by molar-refractivity contribution is -0.139. The Kier molecular flexibility index (Phi) is 10.2. The van der Waals surface area contributed by atoms with E-state index in [1.165, 1.54) is 11.8 Å². The van der Waals surface area contributed by atoms with E-state index in [1.54, 1.807) is 4.90 Å². The van der Waals surface area contributed by atoms with E-state index in [-0.39, 0.29) is 23.6 Å². The molecule has 2 amide bonds. The molecule has 0 radical (unpaired) electrons. The molecule has 0 aromatic heterocycles. The largest absolute Gasteiger partial charge is 0.352 e. The maximum atomic E-state index is 13.2. The molecule has 0 aliphatic rings. The smallest absolute Gasteiger partial charge is 0.243 e. The molecule has 0 fully saturated rings. The van der Waals surface area contributed by atoms with Crippen molar-refractivity contribution in [3.63, 3.8) is 0 Å². The van der Waals surface area contributed by atoms with Crippen molar-refractivity contribution in [3.05, 3.63) is 65.2 Å². The Morgan fingerprint density at radius 2 is 1.70 bits per heavy atom. The van der Waals surface area contributed by atoms with Gasteiger partial charge in [0, 0.05) is 22.5 Å². The minimum atomic E-state index is -0.471. The number of thioether (sulfide) groups is 1. The number of benzene rings is 2. The maximum absolute atomic E-state index is 13.2. The molecule has 6 heteroatoms. The van der Waals surface area contributed by atoms with Crippen LogP contribution in [0, 0.1) is 0 Å². The van der Waals surface area contributed by atoms with Crippen LogP contribution in [-0.2, 0) is 16.0 Å². The van der Waals surface area contributed by atoms with Crippen molar-refractivity contribution >= 4 is 35.2 Å². The number of nitrogens with one attached hydrogen (secondary N) is 1. The predicted molar refractivity (Wildman–Crippen MR) is 126 cm³/mol. The molecule has 4 nitrogen and oxygen atoms in total. The van der Waals surface area contributed by atoms with E-state index in [2.05, 4.69) is 5.32 Å². The molecular weight excluding hydrogens is 416 g/mol. The van der Waals surface area contributed by atoms with Crippen LogP contribution in [0.25, 0.3) is 0 Å². The zero-order chi connectivity index (χ0) is 21.9. The Bertz CT molecular complexity index is 799. The fourth-order valence-corrected chi connectivity index (χ4v) is 4.01. The summed E-state index contributed by atoms with van der Waals surface area (Å²) in [6.07, 6.45) is 2.15. The van der Waals surface area contributed by atoms with Gasteiger partial charge in [0.1, 0.15) is 6.04 Å². The molecule has 0 unspecified atom stereocenters. The SMILES string of the molecule is CC[C@H](C(=O)N[C@@H](C)CC)N(CCc1ccccc1)C(=O)CSc1ccc(Cl)cc1. The molecule has 2 atom stereocenters. The molecule has 0 aliphatic carbocycles. The average molecular weight is 447 g/mol. The van der Waals surface area contributed by atoms with Crippen LogP contribution < -0.4 is 5.32 Å². The predicted octanol–water partition coefficient (Wildman–Crippen LogP) is 5.20. The Morgan fingerprint density at radius 1 is 1.03 bits per heavy atom. The fraction of sp³-hybridized carbons (Fsp3) is 0.417. The van der Waals surface area contributed by atoms with Gasteiger partial charge in [-0.05, 0) is 56.0 Å². The first-order chi connectivity index (χ1) is 14.4. The number of nitrogens with zero attached hydrogens (tertiary/aromatic N) is 1. The second-order valence-corrected chi connectivity index (χ2v) is 8.79. The molecule has 0 bridgehead atoms. The summed E-state index contributed by atoms with van der Waals surface area (Å²) in [7, 11) is 0. The van der Waals surface area contributed by atoms with Gasteiger partial charge in [-0.15, -0.1) is 11.8 Å². The van der Waals surface area contributed by atoms with Crippen LogP contribution in [0.1, 0.15) is 39.2 Å². The van der Waals surface area contributed by atoms with Crippen LogP contribution in [0.5, 0.6) is 0 Å². The molecule has 0 heterocycles. The number of halogens is 1. The van der Waals surface area contributed by atoms with Crippen LogP contribution in [0.3, 0.4) is 0 Å². The molecule has 2 rings (SSSR count). The summed E-state index contributed by atoms with van der Waals surface area (Å²) < 4.78 is 0. The minimum absolute atomic E-state index is 0.0305. The highest BCUT2D eigenvalue weighted by molar-refractivity contribution is 8.00. The fourth-order valence-electron chi connectivity index (χ4n) is 3.10. The van der Waals surface area contributed by atoms with Gasteiger partial charge in [-0.2, -0.15) is 0 Å². The average Bonchev–Trinajstić information content (AvgIpc) is 2.76. The summed E-state index contributed by atoms with van der Waals surface area (Å²) in [6, 6.07) is 17.1. The Morgan fingerprint density at radius 3 is 2.30 bits per heavy atom. The lowest BCUT2D eigenvalue weighted by Crippen LogP contribution is -2.52.